The number of hydrogen-bond acceptors (Lipinski definition) is 6. The van der Waals surface area contributed by atoms with Crippen molar-refractivity contribution < 1.29 is 14.3 Å². The van der Waals surface area contributed by atoms with Crippen molar-refractivity contribution in [3.8, 4) is 17.2 Å². The Bertz CT molecular complexity index is 1320. The van der Waals surface area contributed by atoms with Crippen LogP contribution >= 0.6 is 11.6 Å². The summed E-state index contributed by atoms with van der Waals surface area (Å²) in [4.78, 5) is 27.2. The first-order chi connectivity index (χ1) is 16.6. The fourth-order valence-corrected chi connectivity index (χ4v) is 4.32. The Morgan fingerprint density at radius 1 is 1.12 bits per heavy atom. The molecule has 34 heavy (non-hydrogen) atoms. The number of halogens is 1. The molecule has 1 saturated heterocycles. The van der Waals surface area contributed by atoms with Crippen LogP contribution in [0.2, 0.25) is 5.02 Å². The fourth-order valence-electron chi connectivity index (χ4n) is 4.12. The molecule has 0 bridgehead atoms. The van der Waals surface area contributed by atoms with Gasteiger partial charge in [0.2, 0.25) is 0 Å². The first kappa shape index (κ1) is 22.2. The van der Waals surface area contributed by atoms with Crippen molar-refractivity contribution in [1.82, 2.24) is 24.4 Å². The summed E-state index contributed by atoms with van der Waals surface area (Å²) in [6.45, 7) is 3.59. The van der Waals surface area contributed by atoms with E-state index in [9.17, 15) is 4.79 Å². The Morgan fingerprint density at radius 2 is 1.97 bits per heavy atom. The molecule has 0 saturated carbocycles. The van der Waals surface area contributed by atoms with E-state index in [0.717, 1.165) is 48.2 Å². The molecule has 0 atom stereocenters. The highest BCUT2D eigenvalue weighted by atomic mass is 35.5. The molecule has 1 aliphatic heterocycles. The minimum absolute atomic E-state index is 0.0369. The molecule has 4 aromatic rings. The molecule has 0 radical (unpaired) electrons. The number of carbonyl (C=O) groups excluding carboxylic acids is 1. The summed E-state index contributed by atoms with van der Waals surface area (Å²) in [6, 6.07) is 7.81. The lowest BCUT2D eigenvalue weighted by molar-refractivity contribution is -0.132. The van der Waals surface area contributed by atoms with Gasteiger partial charge in [-0.15, -0.1) is 0 Å². The molecular weight excluding hydrogens is 454 g/mol. The number of ether oxygens (including phenoxy) is 2. The molecule has 0 unspecified atom stereocenters. The van der Waals surface area contributed by atoms with Gasteiger partial charge in [0.25, 0.3) is 5.91 Å². The number of pyridine rings is 2. The summed E-state index contributed by atoms with van der Waals surface area (Å²) >= 11 is 6.43. The van der Waals surface area contributed by atoms with Gasteiger partial charge >= 0.3 is 0 Å². The minimum atomic E-state index is -0.0572. The third kappa shape index (κ3) is 4.54. The maximum atomic E-state index is 12.4. The third-order valence-corrected chi connectivity index (χ3v) is 6.16. The van der Waals surface area contributed by atoms with Crippen LogP contribution in [0.4, 0.5) is 0 Å². The second-order valence-corrected chi connectivity index (χ2v) is 8.58. The summed E-state index contributed by atoms with van der Waals surface area (Å²) in [6.07, 6.45) is 10.6. The maximum Gasteiger partial charge on any atom is 0.260 e. The molecule has 0 aliphatic carbocycles. The number of para-hydroxylation sites is 1. The van der Waals surface area contributed by atoms with Crippen LogP contribution in [0.1, 0.15) is 24.1 Å². The minimum Gasteiger partial charge on any atom is -0.486 e. The van der Waals surface area contributed by atoms with Gasteiger partial charge in [-0.3, -0.25) is 9.78 Å². The average Bonchev–Trinajstić information content (AvgIpc) is 3.56. The van der Waals surface area contributed by atoms with Crippen molar-refractivity contribution in [2.45, 2.75) is 26.4 Å². The third-order valence-electron chi connectivity index (χ3n) is 5.84. The quantitative estimate of drug-likeness (QED) is 0.393. The van der Waals surface area contributed by atoms with Crippen LogP contribution in [-0.2, 0) is 11.4 Å². The molecule has 1 fully saturated rings. The lowest BCUT2D eigenvalue weighted by Gasteiger charge is -2.17. The van der Waals surface area contributed by atoms with Crippen LogP contribution < -0.4 is 9.47 Å². The van der Waals surface area contributed by atoms with Crippen molar-refractivity contribution in [3.63, 3.8) is 0 Å². The van der Waals surface area contributed by atoms with Crippen LogP contribution in [0.25, 0.3) is 16.6 Å². The van der Waals surface area contributed by atoms with Gasteiger partial charge < -0.3 is 18.9 Å². The van der Waals surface area contributed by atoms with Crippen LogP contribution in [0, 0.1) is 6.92 Å². The van der Waals surface area contributed by atoms with Crippen LogP contribution in [0.3, 0.4) is 0 Å². The van der Waals surface area contributed by atoms with Crippen molar-refractivity contribution in [2.24, 2.45) is 0 Å². The summed E-state index contributed by atoms with van der Waals surface area (Å²) in [5, 5.41) is 1.35. The molecule has 5 rings (SSSR count). The van der Waals surface area contributed by atoms with E-state index in [0.29, 0.717) is 22.1 Å². The van der Waals surface area contributed by atoms with E-state index in [2.05, 4.69) is 9.97 Å². The molecule has 0 N–H and O–H groups in total. The number of benzene rings is 1. The second kappa shape index (κ2) is 9.69. The zero-order valence-corrected chi connectivity index (χ0v) is 19.5. The van der Waals surface area contributed by atoms with E-state index in [4.69, 9.17) is 26.1 Å². The lowest BCUT2D eigenvalue weighted by Crippen LogP contribution is -2.32. The van der Waals surface area contributed by atoms with E-state index < -0.39 is 0 Å². The lowest BCUT2D eigenvalue weighted by atomic mass is 10.1. The van der Waals surface area contributed by atoms with Gasteiger partial charge in [0.1, 0.15) is 23.6 Å². The van der Waals surface area contributed by atoms with Crippen molar-refractivity contribution in [1.29, 1.82) is 0 Å². The van der Waals surface area contributed by atoms with E-state index in [1.807, 2.05) is 46.9 Å². The Labute approximate surface area is 202 Å². The number of likely N-dealkylation sites (tertiary alicyclic amines) is 1. The summed E-state index contributed by atoms with van der Waals surface area (Å²) in [5.41, 5.74) is 3.20. The summed E-state index contributed by atoms with van der Waals surface area (Å²) in [5.74, 6) is 1.02. The van der Waals surface area contributed by atoms with Gasteiger partial charge in [-0.2, -0.15) is 0 Å². The van der Waals surface area contributed by atoms with E-state index >= 15 is 0 Å². The molecular formula is C25H24ClN5O3. The predicted octanol–water partition coefficient (Wildman–Crippen LogP) is 4.36. The van der Waals surface area contributed by atoms with E-state index in [1.54, 1.807) is 18.7 Å². The number of fused-ring (bicyclic) bond motifs is 1. The van der Waals surface area contributed by atoms with Crippen molar-refractivity contribution in [3.05, 3.63) is 71.7 Å². The maximum absolute atomic E-state index is 12.4. The predicted molar refractivity (Wildman–Crippen MR) is 128 cm³/mol. The molecule has 0 spiro atoms. The zero-order chi connectivity index (χ0) is 23.5. The fraction of sp³-hybridized carbons (Fsp3) is 0.280. The molecule has 3 aromatic heterocycles. The first-order valence-electron chi connectivity index (χ1n) is 11.1. The Kier molecular flexibility index (Phi) is 6.31. The topological polar surface area (TPSA) is 82.4 Å². The average molecular weight is 478 g/mol. The smallest absolute Gasteiger partial charge is 0.260 e. The number of aryl methyl sites for hydroxylation is 1. The number of nitrogens with zero attached hydrogens (tertiary/aromatic N) is 5. The zero-order valence-electron chi connectivity index (χ0n) is 18.8. The Balaban J connectivity index is 1.39. The van der Waals surface area contributed by atoms with Crippen LogP contribution in [0.15, 0.2) is 55.4 Å². The SMILES string of the molecule is Cc1cc(-n2ccnc2)c2cccc(OCc3c(Cl)cncc3OCC(=O)N3CCCC3)c2n1. The molecule has 1 aliphatic rings. The van der Waals surface area contributed by atoms with Crippen LogP contribution in [0.5, 0.6) is 11.5 Å². The highest BCUT2D eigenvalue weighted by Crippen LogP contribution is 2.32. The number of carbonyl (C=O) groups is 1. The normalized spacial score (nSPS) is 13.4. The highest BCUT2D eigenvalue weighted by molar-refractivity contribution is 6.31. The number of imidazole rings is 1. The van der Waals surface area contributed by atoms with Gasteiger partial charge in [-0.1, -0.05) is 23.7 Å². The molecule has 1 amide bonds. The molecule has 4 heterocycles. The molecule has 9 heteroatoms. The van der Waals surface area contributed by atoms with E-state index in [1.165, 1.54) is 6.20 Å². The summed E-state index contributed by atoms with van der Waals surface area (Å²) < 4.78 is 13.9. The number of rotatable bonds is 7. The summed E-state index contributed by atoms with van der Waals surface area (Å²) in [7, 11) is 0. The Hall–Kier alpha value is -3.65. The highest BCUT2D eigenvalue weighted by Gasteiger charge is 2.20. The molecule has 1 aromatic carbocycles. The second-order valence-electron chi connectivity index (χ2n) is 8.17. The van der Waals surface area contributed by atoms with Gasteiger partial charge in [0.05, 0.1) is 28.8 Å². The van der Waals surface area contributed by atoms with E-state index in [-0.39, 0.29) is 19.1 Å². The molecule has 174 valence electrons. The first-order valence-corrected chi connectivity index (χ1v) is 11.5. The van der Waals surface area contributed by atoms with Gasteiger partial charge in [0.15, 0.2) is 6.61 Å². The van der Waals surface area contributed by atoms with Gasteiger partial charge in [-0.25, -0.2) is 9.97 Å². The van der Waals surface area contributed by atoms with Crippen molar-refractivity contribution in [2.75, 3.05) is 19.7 Å². The number of aromatic nitrogens is 4. The standard InChI is InChI=1S/C25H24ClN5O3/c1-17-11-21(31-10-7-27-16-31)18-5-4-6-22(25(18)29-17)33-14-19-20(26)12-28-13-23(19)34-15-24(32)30-8-2-3-9-30/h4-7,10-13,16H,2-3,8-9,14-15H2,1H3. The number of hydrogen-bond donors (Lipinski definition) is 0. The number of amides is 1. The van der Waals surface area contributed by atoms with Crippen molar-refractivity contribution >= 4 is 28.4 Å². The molecule has 8 nitrogen and oxygen atoms in total. The largest absolute Gasteiger partial charge is 0.486 e. The van der Waals surface area contributed by atoms with Gasteiger partial charge in [-0.05, 0) is 31.9 Å². The monoisotopic (exact) mass is 477 g/mol. The van der Waals surface area contributed by atoms with Gasteiger partial charge in [0, 0.05) is 42.8 Å². The van der Waals surface area contributed by atoms with Crippen LogP contribution in [-0.4, -0.2) is 50.0 Å². The Morgan fingerprint density at radius 3 is 2.76 bits per heavy atom.